The van der Waals surface area contributed by atoms with Gasteiger partial charge in [-0.2, -0.15) is 0 Å². The fourth-order valence-electron chi connectivity index (χ4n) is 2.08. The van der Waals surface area contributed by atoms with Crippen LogP contribution in [0.25, 0.3) is 0 Å². The molecular weight excluding hydrogens is 260 g/mol. The number of carbonyl (C=O) groups is 2. The molecule has 0 unspecified atom stereocenters. The number of nitrogens with one attached hydrogen (secondary N) is 1. The highest BCUT2D eigenvalue weighted by molar-refractivity contribution is 5.93. The molecule has 1 aromatic heterocycles. The molecule has 0 radical (unpaired) electrons. The monoisotopic (exact) mass is 278 g/mol. The largest absolute Gasteiger partial charge is 0.478 e. The van der Waals surface area contributed by atoms with E-state index in [1.165, 1.54) is 18.3 Å². The Hall–Kier alpha value is -1.95. The van der Waals surface area contributed by atoms with Crippen LogP contribution in [0.3, 0.4) is 0 Å². The zero-order valence-electron chi connectivity index (χ0n) is 11.4. The van der Waals surface area contributed by atoms with Crippen molar-refractivity contribution in [2.45, 2.75) is 19.8 Å². The second kappa shape index (κ2) is 6.00. The lowest BCUT2D eigenvalue weighted by atomic mass is 9.82. The van der Waals surface area contributed by atoms with E-state index in [1.807, 2.05) is 0 Å². The standard InChI is InChI=1S/C14H18N2O4/c1-14(4-6-20-7-5-14)9-16-12(17)11-3-2-10(8-15-11)13(18)19/h2-3,8H,4-7,9H2,1H3,(H,16,17)(H,18,19). The summed E-state index contributed by atoms with van der Waals surface area (Å²) in [6.07, 6.45) is 3.02. The van der Waals surface area contributed by atoms with Crippen molar-refractivity contribution in [2.24, 2.45) is 5.41 Å². The molecule has 0 atom stereocenters. The zero-order valence-corrected chi connectivity index (χ0v) is 11.4. The van der Waals surface area contributed by atoms with Gasteiger partial charge in [0.1, 0.15) is 5.69 Å². The Morgan fingerprint density at radius 3 is 2.65 bits per heavy atom. The van der Waals surface area contributed by atoms with Crippen LogP contribution < -0.4 is 5.32 Å². The molecule has 1 aliphatic heterocycles. The van der Waals surface area contributed by atoms with Gasteiger partial charge in [0.05, 0.1) is 5.56 Å². The van der Waals surface area contributed by atoms with Crippen LogP contribution in [0.5, 0.6) is 0 Å². The quantitative estimate of drug-likeness (QED) is 0.867. The molecule has 1 saturated heterocycles. The normalized spacial score (nSPS) is 17.4. The molecule has 20 heavy (non-hydrogen) atoms. The lowest BCUT2D eigenvalue weighted by molar-refractivity contribution is 0.0238. The third-order valence-electron chi connectivity index (χ3n) is 3.62. The van der Waals surface area contributed by atoms with E-state index in [1.54, 1.807) is 0 Å². The van der Waals surface area contributed by atoms with Gasteiger partial charge in [0, 0.05) is 26.0 Å². The molecule has 2 N–H and O–H groups in total. The number of carbonyl (C=O) groups excluding carboxylic acids is 1. The number of pyridine rings is 1. The van der Waals surface area contributed by atoms with Crippen LogP contribution in [0.2, 0.25) is 0 Å². The third-order valence-corrected chi connectivity index (χ3v) is 3.62. The number of hydrogen-bond donors (Lipinski definition) is 2. The fourth-order valence-corrected chi connectivity index (χ4v) is 2.08. The van der Waals surface area contributed by atoms with Gasteiger partial charge in [-0.25, -0.2) is 4.79 Å². The molecule has 2 heterocycles. The minimum absolute atomic E-state index is 0.0505. The Labute approximate surface area is 117 Å². The summed E-state index contributed by atoms with van der Waals surface area (Å²) in [4.78, 5) is 26.5. The average Bonchev–Trinajstić information content (AvgIpc) is 2.46. The predicted molar refractivity (Wildman–Crippen MR) is 71.7 cm³/mol. The van der Waals surface area contributed by atoms with Crippen molar-refractivity contribution >= 4 is 11.9 Å². The molecule has 108 valence electrons. The Bertz CT molecular complexity index is 492. The molecule has 0 aliphatic carbocycles. The smallest absolute Gasteiger partial charge is 0.337 e. The summed E-state index contributed by atoms with van der Waals surface area (Å²) in [5.41, 5.74) is 0.346. The minimum Gasteiger partial charge on any atom is -0.478 e. The van der Waals surface area contributed by atoms with E-state index in [0.717, 1.165) is 26.1 Å². The molecule has 1 aliphatic rings. The van der Waals surface area contributed by atoms with Gasteiger partial charge in [0.25, 0.3) is 5.91 Å². The summed E-state index contributed by atoms with van der Waals surface area (Å²) >= 11 is 0. The van der Waals surface area contributed by atoms with Crippen LogP contribution >= 0.6 is 0 Å². The van der Waals surface area contributed by atoms with Gasteiger partial charge in [0.2, 0.25) is 0 Å². The third kappa shape index (κ3) is 3.54. The zero-order chi connectivity index (χ0) is 14.6. The van der Waals surface area contributed by atoms with Gasteiger partial charge in [-0.05, 0) is 30.4 Å². The molecule has 6 nitrogen and oxygen atoms in total. The van der Waals surface area contributed by atoms with Crippen molar-refractivity contribution in [1.29, 1.82) is 0 Å². The van der Waals surface area contributed by atoms with E-state index in [0.29, 0.717) is 6.54 Å². The van der Waals surface area contributed by atoms with E-state index in [4.69, 9.17) is 9.84 Å². The summed E-state index contributed by atoms with van der Waals surface area (Å²) in [5, 5.41) is 11.6. The Balaban J connectivity index is 1.92. The Morgan fingerprint density at radius 1 is 1.40 bits per heavy atom. The first-order chi connectivity index (χ1) is 9.50. The van der Waals surface area contributed by atoms with E-state index in [2.05, 4.69) is 17.2 Å². The number of carboxylic acid groups (broad SMARTS) is 1. The van der Waals surface area contributed by atoms with E-state index < -0.39 is 5.97 Å². The maximum absolute atomic E-state index is 12.0. The van der Waals surface area contributed by atoms with Crippen molar-refractivity contribution in [2.75, 3.05) is 19.8 Å². The topological polar surface area (TPSA) is 88.5 Å². The summed E-state index contributed by atoms with van der Waals surface area (Å²) < 4.78 is 5.31. The lowest BCUT2D eigenvalue weighted by Gasteiger charge is -2.33. The second-order valence-electron chi connectivity index (χ2n) is 5.34. The maximum Gasteiger partial charge on any atom is 0.337 e. The SMILES string of the molecule is CC1(CNC(=O)c2ccc(C(=O)O)cn2)CCOCC1. The van der Waals surface area contributed by atoms with Crippen LogP contribution in [0, 0.1) is 5.41 Å². The van der Waals surface area contributed by atoms with Crippen LogP contribution in [-0.4, -0.2) is 41.7 Å². The van der Waals surface area contributed by atoms with Gasteiger partial charge in [0.15, 0.2) is 0 Å². The molecule has 2 rings (SSSR count). The van der Waals surface area contributed by atoms with Crippen LogP contribution in [0.1, 0.15) is 40.6 Å². The number of rotatable bonds is 4. The van der Waals surface area contributed by atoms with Crippen molar-refractivity contribution in [3.05, 3.63) is 29.6 Å². The van der Waals surface area contributed by atoms with Gasteiger partial charge >= 0.3 is 5.97 Å². The first-order valence-corrected chi connectivity index (χ1v) is 6.55. The molecule has 0 bridgehead atoms. The summed E-state index contributed by atoms with van der Waals surface area (Å²) in [6.45, 7) is 4.13. The molecule has 6 heteroatoms. The molecule has 1 fully saturated rings. The molecule has 0 saturated carbocycles. The van der Waals surface area contributed by atoms with E-state index in [-0.39, 0.29) is 22.6 Å². The van der Waals surface area contributed by atoms with Gasteiger partial charge in [-0.1, -0.05) is 6.92 Å². The van der Waals surface area contributed by atoms with Crippen LogP contribution in [0.4, 0.5) is 0 Å². The molecule has 0 spiro atoms. The highest BCUT2D eigenvalue weighted by Crippen LogP contribution is 2.28. The minimum atomic E-state index is -1.06. The van der Waals surface area contributed by atoms with Crippen molar-refractivity contribution in [3.63, 3.8) is 0 Å². The van der Waals surface area contributed by atoms with Gasteiger partial charge in [-0.15, -0.1) is 0 Å². The molecule has 0 aromatic carbocycles. The number of carboxylic acids is 1. The number of aromatic nitrogens is 1. The Morgan fingerprint density at radius 2 is 2.10 bits per heavy atom. The molecule has 1 amide bonds. The fraction of sp³-hybridized carbons (Fsp3) is 0.500. The van der Waals surface area contributed by atoms with Crippen LogP contribution in [-0.2, 0) is 4.74 Å². The van der Waals surface area contributed by atoms with Gasteiger partial charge in [-0.3, -0.25) is 9.78 Å². The second-order valence-corrected chi connectivity index (χ2v) is 5.34. The number of aromatic carboxylic acids is 1. The Kier molecular flexibility index (Phi) is 4.34. The average molecular weight is 278 g/mol. The lowest BCUT2D eigenvalue weighted by Crippen LogP contribution is -2.39. The number of hydrogen-bond acceptors (Lipinski definition) is 4. The summed E-state index contributed by atoms with van der Waals surface area (Å²) in [5.74, 6) is -1.34. The summed E-state index contributed by atoms with van der Waals surface area (Å²) in [7, 11) is 0. The number of amides is 1. The van der Waals surface area contributed by atoms with Crippen molar-refractivity contribution < 1.29 is 19.4 Å². The number of nitrogens with zero attached hydrogens (tertiary/aromatic N) is 1. The van der Waals surface area contributed by atoms with Crippen molar-refractivity contribution in [1.82, 2.24) is 10.3 Å². The van der Waals surface area contributed by atoms with E-state index >= 15 is 0 Å². The van der Waals surface area contributed by atoms with E-state index in [9.17, 15) is 9.59 Å². The van der Waals surface area contributed by atoms with Crippen LogP contribution in [0.15, 0.2) is 18.3 Å². The first-order valence-electron chi connectivity index (χ1n) is 6.55. The highest BCUT2D eigenvalue weighted by Gasteiger charge is 2.27. The predicted octanol–water partition coefficient (Wildman–Crippen LogP) is 1.33. The number of ether oxygens (including phenoxy) is 1. The van der Waals surface area contributed by atoms with Crippen molar-refractivity contribution in [3.8, 4) is 0 Å². The first kappa shape index (κ1) is 14.5. The maximum atomic E-state index is 12.0. The molecular formula is C14H18N2O4. The van der Waals surface area contributed by atoms with Gasteiger partial charge < -0.3 is 15.2 Å². The highest BCUT2D eigenvalue weighted by atomic mass is 16.5. The molecule has 1 aromatic rings. The summed E-state index contributed by atoms with van der Waals surface area (Å²) in [6, 6.07) is 2.80.